The number of para-hydroxylation sites is 2. The summed E-state index contributed by atoms with van der Waals surface area (Å²) in [5, 5.41) is 6.24. The number of morpholine rings is 1. The Hall–Kier alpha value is -2.08. The Kier molecular flexibility index (Phi) is 7.91. The summed E-state index contributed by atoms with van der Waals surface area (Å²) in [5.74, 6) is 0.617. The lowest BCUT2D eigenvalue weighted by molar-refractivity contribution is -0.117. The minimum Gasteiger partial charge on any atom is -0.484 e. The molecule has 2 atom stereocenters. The average molecular weight is 377 g/mol. The van der Waals surface area contributed by atoms with Crippen LogP contribution in [0.5, 0.6) is 5.75 Å². The number of amides is 1. The molecule has 1 fully saturated rings. The first kappa shape index (κ1) is 20.2. The van der Waals surface area contributed by atoms with Gasteiger partial charge in [-0.15, -0.1) is 12.4 Å². The summed E-state index contributed by atoms with van der Waals surface area (Å²) in [5.41, 5.74) is 1.78. The van der Waals surface area contributed by atoms with Crippen LogP contribution in [0.4, 0.5) is 5.69 Å². The van der Waals surface area contributed by atoms with E-state index in [-0.39, 0.29) is 30.5 Å². The van der Waals surface area contributed by atoms with Crippen LogP contribution >= 0.6 is 12.4 Å². The molecule has 0 radical (unpaired) electrons. The summed E-state index contributed by atoms with van der Waals surface area (Å²) >= 11 is 0. The van der Waals surface area contributed by atoms with E-state index in [1.165, 1.54) is 0 Å². The molecule has 0 aliphatic carbocycles. The van der Waals surface area contributed by atoms with Gasteiger partial charge in [-0.1, -0.05) is 42.5 Å². The molecule has 1 amide bonds. The molecule has 1 saturated heterocycles. The highest BCUT2D eigenvalue weighted by Crippen LogP contribution is 2.29. The third-order valence-electron chi connectivity index (χ3n) is 4.16. The van der Waals surface area contributed by atoms with E-state index in [0.29, 0.717) is 31.1 Å². The average Bonchev–Trinajstić information content (AvgIpc) is 2.65. The van der Waals surface area contributed by atoms with Crippen LogP contribution in [0.15, 0.2) is 54.6 Å². The Labute approximate surface area is 160 Å². The van der Waals surface area contributed by atoms with E-state index in [4.69, 9.17) is 9.47 Å². The molecule has 1 aliphatic heterocycles. The zero-order chi connectivity index (χ0) is 17.5. The second kappa shape index (κ2) is 10.2. The third kappa shape index (κ3) is 5.73. The van der Waals surface area contributed by atoms with E-state index < -0.39 is 0 Å². The van der Waals surface area contributed by atoms with Crippen LogP contribution in [0.2, 0.25) is 0 Å². The first-order valence-corrected chi connectivity index (χ1v) is 8.64. The highest BCUT2D eigenvalue weighted by molar-refractivity contribution is 5.92. The quantitative estimate of drug-likeness (QED) is 0.809. The van der Waals surface area contributed by atoms with Crippen molar-refractivity contribution in [3.05, 3.63) is 60.2 Å². The first-order chi connectivity index (χ1) is 12.2. The second-order valence-electron chi connectivity index (χ2n) is 6.15. The van der Waals surface area contributed by atoms with Crippen LogP contribution in [0, 0.1) is 0 Å². The minimum absolute atomic E-state index is 0. The number of hydrogen-bond acceptors (Lipinski definition) is 4. The molecular weight excluding hydrogens is 352 g/mol. The van der Waals surface area contributed by atoms with Gasteiger partial charge < -0.3 is 20.1 Å². The fourth-order valence-corrected chi connectivity index (χ4v) is 2.83. The fourth-order valence-electron chi connectivity index (χ4n) is 2.83. The zero-order valence-electron chi connectivity index (χ0n) is 14.8. The van der Waals surface area contributed by atoms with Crippen LogP contribution in [0.25, 0.3) is 0 Å². The van der Waals surface area contributed by atoms with Gasteiger partial charge in [-0.2, -0.15) is 0 Å². The molecule has 2 unspecified atom stereocenters. The van der Waals surface area contributed by atoms with E-state index in [2.05, 4.69) is 10.6 Å². The van der Waals surface area contributed by atoms with Gasteiger partial charge in [0.05, 0.1) is 18.9 Å². The molecule has 5 nitrogen and oxygen atoms in total. The van der Waals surface area contributed by atoms with E-state index in [0.717, 1.165) is 12.1 Å². The van der Waals surface area contributed by atoms with Gasteiger partial charge in [0, 0.05) is 19.0 Å². The second-order valence-corrected chi connectivity index (χ2v) is 6.15. The predicted octanol–water partition coefficient (Wildman–Crippen LogP) is 3.57. The molecule has 1 heterocycles. The topological polar surface area (TPSA) is 59.6 Å². The fraction of sp³-hybridized carbons (Fsp3) is 0.350. The number of anilines is 1. The molecule has 3 rings (SSSR count). The molecule has 2 aromatic rings. The lowest BCUT2D eigenvalue weighted by atomic mass is 10.1. The summed E-state index contributed by atoms with van der Waals surface area (Å²) < 4.78 is 11.5. The third-order valence-corrected chi connectivity index (χ3v) is 4.16. The molecule has 1 aliphatic rings. The van der Waals surface area contributed by atoms with Gasteiger partial charge in [-0.25, -0.2) is 0 Å². The Bertz CT molecular complexity index is 690. The van der Waals surface area contributed by atoms with Gasteiger partial charge in [0.25, 0.3) is 0 Å². The number of carbonyl (C=O) groups is 1. The van der Waals surface area contributed by atoms with Gasteiger partial charge in [-0.05, 0) is 24.6 Å². The number of halogens is 1. The Balaban J connectivity index is 0.00000243. The maximum Gasteiger partial charge on any atom is 0.226 e. The molecule has 6 heteroatoms. The van der Waals surface area contributed by atoms with Crippen molar-refractivity contribution in [2.75, 3.05) is 25.1 Å². The van der Waals surface area contributed by atoms with Crippen LogP contribution in [-0.2, 0) is 9.53 Å². The van der Waals surface area contributed by atoms with E-state index in [1.807, 2.05) is 61.5 Å². The van der Waals surface area contributed by atoms with Crippen molar-refractivity contribution >= 4 is 24.0 Å². The number of benzene rings is 2. The van der Waals surface area contributed by atoms with E-state index >= 15 is 0 Å². The van der Waals surface area contributed by atoms with Crippen LogP contribution in [-0.4, -0.2) is 31.7 Å². The number of nitrogens with one attached hydrogen (secondary N) is 2. The summed E-state index contributed by atoms with van der Waals surface area (Å²) in [6.07, 6.45) is 0.274. The van der Waals surface area contributed by atoms with Crippen LogP contribution in [0.1, 0.15) is 25.0 Å². The number of rotatable bonds is 6. The van der Waals surface area contributed by atoms with E-state index in [9.17, 15) is 4.79 Å². The molecule has 0 bridgehead atoms. The summed E-state index contributed by atoms with van der Waals surface area (Å²) in [6, 6.07) is 17.6. The number of ether oxygens (including phenoxy) is 2. The van der Waals surface area contributed by atoms with Crippen molar-refractivity contribution in [2.45, 2.75) is 25.5 Å². The number of carbonyl (C=O) groups excluding carboxylic acids is 1. The normalized spacial score (nSPS) is 17.7. The monoisotopic (exact) mass is 376 g/mol. The maximum absolute atomic E-state index is 12.3. The Morgan fingerprint density at radius 1 is 1.23 bits per heavy atom. The minimum atomic E-state index is -0.104. The summed E-state index contributed by atoms with van der Waals surface area (Å²) in [6.45, 7) is 4.05. The highest BCUT2D eigenvalue weighted by Gasteiger charge is 2.18. The maximum atomic E-state index is 12.3. The van der Waals surface area contributed by atoms with Crippen molar-refractivity contribution in [1.82, 2.24) is 5.32 Å². The van der Waals surface area contributed by atoms with Crippen molar-refractivity contribution < 1.29 is 14.3 Å². The van der Waals surface area contributed by atoms with Crippen LogP contribution < -0.4 is 15.4 Å². The molecule has 26 heavy (non-hydrogen) atoms. The first-order valence-electron chi connectivity index (χ1n) is 8.64. The van der Waals surface area contributed by atoms with Crippen LogP contribution in [0.3, 0.4) is 0 Å². The zero-order valence-corrected chi connectivity index (χ0v) is 15.6. The molecule has 0 spiro atoms. The Morgan fingerprint density at radius 3 is 2.69 bits per heavy atom. The molecular formula is C20H25ClN2O3. The van der Waals surface area contributed by atoms with E-state index in [1.54, 1.807) is 0 Å². The largest absolute Gasteiger partial charge is 0.484 e. The van der Waals surface area contributed by atoms with Gasteiger partial charge in [0.2, 0.25) is 5.91 Å². The van der Waals surface area contributed by atoms with Crippen molar-refractivity contribution in [3.63, 3.8) is 0 Å². The smallest absolute Gasteiger partial charge is 0.226 e. The van der Waals surface area contributed by atoms with Gasteiger partial charge >= 0.3 is 0 Å². The van der Waals surface area contributed by atoms with Gasteiger partial charge in [0.15, 0.2) is 0 Å². The standard InChI is InChI=1S/C20H24N2O3.ClH/c1-15(16-7-3-2-4-8-16)25-19-10-6-5-9-18(19)22-20(23)13-17-14-24-12-11-21-17;/h2-10,15,17,21H,11-14H2,1H3,(H,22,23);1H. The summed E-state index contributed by atoms with van der Waals surface area (Å²) in [7, 11) is 0. The van der Waals surface area contributed by atoms with Gasteiger partial charge in [-0.3, -0.25) is 4.79 Å². The lowest BCUT2D eigenvalue weighted by Gasteiger charge is -2.23. The predicted molar refractivity (Wildman–Crippen MR) is 105 cm³/mol. The molecule has 0 aromatic heterocycles. The molecule has 140 valence electrons. The van der Waals surface area contributed by atoms with Crippen molar-refractivity contribution in [1.29, 1.82) is 0 Å². The van der Waals surface area contributed by atoms with Crippen molar-refractivity contribution in [2.24, 2.45) is 0 Å². The lowest BCUT2D eigenvalue weighted by Crippen LogP contribution is -2.43. The highest BCUT2D eigenvalue weighted by atomic mass is 35.5. The Morgan fingerprint density at radius 2 is 1.96 bits per heavy atom. The van der Waals surface area contributed by atoms with Gasteiger partial charge in [0.1, 0.15) is 11.9 Å². The number of hydrogen-bond donors (Lipinski definition) is 2. The van der Waals surface area contributed by atoms with Crippen molar-refractivity contribution in [3.8, 4) is 5.75 Å². The summed E-state index contributed by atoms with van der Waals surface area (Å²) in [4.78, 5) is 12.3. The molecule has 2 N–H and O–H groups in total. The SMILES string of the molecule is CC(Oc1ccccc1NC(=O)CC1COCCN1)c1ccccc1.Cl. The molecule has 0 saturated carbocycles. The molecule has 2 aromatic carbocycles.